The second-order valence-electron chi connectivity index (χ2n) is 4.03. The molecule has 0 aliphatic heterocycles. The molecule has 0 N–H and O–H groups in total. The summed E-state index contributed by atoms with van der Waals surface area (Å²) in [6, 6.07) is 6.85. The molecule has 0 unspecified atom stereocenters. The van der Waals surface area contributed by atoms with Crippen molar-refractivity contribution in [3.05, 3.63) is 67.6 Å². The zero-order chi connectivity index (χ0) is 14.2. The van der Waals surface area contributed by atoms with E-state index in [1.54, 1.807) is 18.2 Å². The van der Waals surface area contributed by atoms with E-state index in [9.17, 15) is 13.6 Å². The molecule has 0 aliphatic carbocycles. The fraction of sp³-hybridized carbons (Fsp3) is 0.0714. The number of rotatable bonds is 2. The Labute approximate surface area is 125 Å². The Bertz CT molecular complexity index is 669. The lowest BCUT2D eigenvalue weighted by atomic mass is 10.0. The Morgan fingerprint density at radius 1 is 1.00 bits per heavy atom. The van der Waals surface area contributed by atoms with Crippen molar-refractivity contribution in [3.63, 3.8) is 0 Å². The van der Waals surface area contributed by atoms with Crippen molar-refractivity contribution in [1.82, 2.24) is 0 Å². The lowest BCUT2D eigenvalue weighted by molar-refractivity contribution is 0.103. The van der Waals surface area contributed by atoms with Crippen molar-refractivity contribution in [2.45, 2.75) is 6.92 Å². The van der Waals surface area contributed by atoms with Gasteiger partial charge in [-0.3, -0.25) is 4.79 Å². The molecule has 0 aliphatic rings. The van der Waals surface area contributed by atoms with Gasteiger partial charge in [0.2, 0.25) is 0 Å². The summed E-state index contributed by atoms with van der Waals surface area (Å²) >= 11 is 6.50. The summed E-state index contributed by atoms with van der Waals surface area (Å²) in [4.78, 5) is 12.2. The Morgan fingerprint density at radius 2 is 1.68 bits per heavy atom. The van der Waals surface area contributed by atoms with Crippen LogP contribution in [0.4, 0.5) is 8.78 Å². The molecule has 19 heavy (non-hydrogen) atoms. The number of ketones is 1. The predicted octanol–water partition coefficient (Wildman–Crippen LogP) is 5.03. The fourth-order valence-electron chi connectivity index (χ4n) is 1.64. The third-order valence-corrected chi connectivity index (χ3v) is 3.82. The average Bonchev–Trinajstić information content (AvgIpc) is 2.33. The van der Waals surface area contributed by atoms with E-state index in [-0.39, 0.29) is 16.7 Å². The summed E-state index contributed by atoms with van der Waals surface area (Å²) in [6.07, 6.45) is 0. The smallest absolute Gasteiger partial charge is 0.197 e. The van der Waals surface area contributed by atoms with Gasteiger partial charge in [-0.2, -0.15) is 0 Å². The highest BCUT2D eigenvalue weighted by Crippen LogP contribution is 2.26. The second kappa shape index (κ2) is 5.51. The quantitative estimate of drug-likeness (QED) is 0.658. The molecule has 0 aromatic heterocycles. The number of benzene rings is 2. The summed E-state index contributed by atoms with van der Waals surface area (Å²) < 4.78 is 28.5. The van der Waals surface area contributed by atoms with Crippen LogP contribution in [0.15, 0.2) is 39.3 Å². The molecule has 0 radical (unpaired) electrons. The van der Waals surface area contributed by atoms with E-state index in [1.165, 1.54) is 6.92 Å². The van der Waals surface area contributed by atoms with Gasteiger partial charge in [0, 0.05) is 14.5 Å². The number of carbonyl (C=O) groups excluding carboxylic acids is 1. The molecule has 0 heterocycles. The maximum Gasteiger partial charge on any atom is 0.197 e. The van der Waals surface area contributed by atoms with Gasteiger partial charge in [-0.05, 0) is 58.7 Å². The van der Waals surface area contributed by atoms with Crippen molar-refractivity contribution in [3.8, 4) is 0 Å². The van der Waals surface area contributed by atoms with Crippen LogP contribution in [-0.4, -0.2) is 5.78 Å². The van der Waals surface area contributed by atoms with E-state index in [4.69, 9.17) is 0 Å². The third-order valence-electron chi connectivity index (χ3n) is 2.67. The first kappa shape index (κ1) is 14.3. The zero-order valence-electron chi connectivity index (χ0n) is 9.81. The standard InChI is InChI=1S/C14H8Br2F2O/c1-7-4-13(18)10(6-12(7)17)14(19)9-3-2-8(15)5-11(9)16/h2-6H,1H3. The van der Waals surface area contributed by atoms with Crippen LogP contribution in [-0.2, 0) is 0 Å². The summed E-state index contributed by atoms with van der Waals surface area (Å²) in [7, 11) is 0. The predicted molar refractivity (Wildman–Crippen MR) is 76.4 cm³/mol. The average molecular weight is 390 g/mol. The Kier molecular flexibility index (Phi) is 4.16. The SMILES string of the molecule is Cc1cc(F)c(C(=O)c2ccc(Br)cc2Br)cc1F. The first-order chi connectivity index (χ1) is 8.90. The van der Waals surface area contributed by atoms with Crippen molar-refractivity contribution >= 4 is 37.6 Å². The second-order valence-corrected chi connectivity index (χ2v) is 5.80. The van der Waals surface area contributed by atoms with Gasteiger partial charge >= 0.3 is 0 Å². The van der Waals surface area contributed by atoms with Gasteiger partial charge in [-0.15, -0.1) is 0 Å². The van der Waals surface area contributed by atoms with Gasteiger partial charge < -0.3 is 0 Å². The van der Waals surface area contributed by atoms with E-state index in [2.05, 4.69) is 31.9 Å². The summed E-state index contributed by atoms with van der Waals surface area (Å²) in [6.45, 7) is 1.45. The molecule has 5 heteroatoms. The van der Waals surface area contributed by atoms with Crippen molar-refractivity contribution in [2.24, 2.45) is 0 Å². The summed E-state index contributed by atoms with van der Waals surface area (Å²) in [5.74, 6) is -1.88. The highest BCUT2D eigenvalue weighted by Gasteiger charge is 2.18. The van der Waals surface area contributed by atoms with Crippen molar-refractivity contribution < 1.29 is 13.6 Å². The monoisotopic (exact) mass is 388 g/mol. The number of aryl methyl sites for hydroxylation is 1. The minimum Gasteiger partial charge on any atom is -0.288 e. The molecular formula is C14H8Br2F2O. The lowest BCUT2D eigenvalue weighted by Crippen LogP contribution is -2.06. The molecule has 98 valence electrons. The maximum absolute atomic E-state index is 13.8. The van der Waals surface area contributed by atoms with E-state index in [0.29, 0.717) is 4.47 Å². The fourth-order valence-corrected chi connectivity index (χ4v) is 2.87. The molecule has 1 nitrogen and oxygen atoms in total. The van der Waals surface area contributed by atoms with Gasteiger partial charge in [0.1, 0.15) is 11.6 Å². The molecular weight excluding hydrogens is 382 g/mol. The first-order valence-electron chi connectivity index (χ1n) is 5.35. The topological polar surface area (TPSA) is 17.1 Å². The number of carbonyl (C=O) groups is 1. The van der Waals surface area contributed by atoms with Crippen LogP contribution in [0.5, 0.6) is 0 Å². The molecule has 2 aromatic carbocycles. The van der Waals surface area contributed by atoms with Crippen LogP contribution < -0.4 is 0 Å². The number of halogens is 4. The van der Waals surface area contributed by atoms with Crippen molar-refractivity contribution in [2.75, 3.05) is 0 Å². The van der Waals surface area contributed by atoms with Crippen LogP contribution in [0.25, 0.3) is 0 Å². The van der Waals surface area contributed by atoms with E-state index >= 15 is 0 Å². The van der Waals surface area contributed by atoms with E-state index in [0.717, 1.165) is 16.6 Å². The summed E-state index contributed by atoms with van der Waals surface area (Å²) in [5.41, 5.74) is 0.181. The van der Waals surface area contributed by atoms with E-state index in [1.807, 2.05) is 0 Å². The molecule has 0 atom stereocenters. The van der Waals surface area contributed by atoms with Gasteiger partial charge in [0.25, 0.3) is 0 Å². The molecule has 0 bridgehead atoms. The van der Waals surface area contributed by atoms with Gasteiger partial charge in [-0.1, -0.05) is 15.9 Å². The highest BCUT2D eigenvalue weighted by atomic mass is 79.9. The molecule has 0 spiro atoms. The van der Waals surface area contributed by atoms with Crippen molar-refractivity contribution in [1.29, 1.82) is 0 Å². The van der Waals surface area contributed by atoms with Crippen LogP contribution in [0, 0.1) is 18.6 Å². The molecule has 0 saturated carbocycles. The number of hydrogen-bond acceptors (Lipinski definition) is 1. The molecule has 0 saturated heterocycles. The minimum atomic E-state index is -0.723. The Balaban J connectivity index is 2.53. The van der Waals surface area contributed by atoms with Gasteiger partial charge in [-0.25, -0.2) is 8.78 Å². The Hall–Kier alpha value is -1.07. The van der Waals surface area contributed by atoms with Gasteiger partial charge in [0.15, 0.2) is 5.78 Å². The minimum absolute atomic E-state index is 0.170. The maximum atomic E-state index is 13.8. The molecule has 0 amide bonds. The van der Waals surface area contributed by atoms with Crippen LogP contribution in [0.2, 0.25) is 0 Å². The largest absolute Gasteiger partial charge is 0.288 e. The molecule has 2 rings (SSSR count). The highest BCUT2D eigenvalue weighted by molar-refractivity contribution is 9.11. The van der Waals surface area contributed by atoms with Crippen LogP contribution >= 0.6 is 31.9 Å². The van der Waals surface area contributed by atoms with Gasteiger partial charge in [0.05, 0.1) is 5.56 Å². The molecule has 2 aromatic rings. The first-order valence-corrected chi connectivity index (χ1v) is 6.94. The zero-order valence-corrected chi connectivity index (χ0v) is 13.0. The van der Waals surface area contributed by atoms with Crippen LogP contribution in [0.3, 0.4) is 0 Å². The normalized spacial score (nSPS) is 10.6. The number of hydrogen-bond donors (Lipinski definition) is 0. The molecule has 0 fully saturated rings. The lowest BCUT2D eigenvalue weighted by Gasteiger charge is -2.07. The summed E-state index contributed by atoms with van der Waals surface area (Å²) in [5, 5.41) is 0. The van der Waals surface area contributed by atoms with Crippen LogP contribution in [0.1, 0.15) is 21.5 Å². The Morgan fingerprint density at radius 3 is 2.32 bits per heavy atom. The van der Waals surface area contributed by atoms with E-state index < -0.39 is 17.4 Å². The third kappa shape index (κ3) is 2.92.